The zero-order chi connectivity index (χ0) is 14.7. The van der Waals surface area contributed by atoms with E-state index in [-0.39, 0.29) is 0 Å². The average molecular weight is 331 g/mol. The van der Waals surface area contributed by atoms with Crippen LogP contribution in [0.4, 0.5) is 5.82 Å². The van der Waals surface area contributed by atoms with E-state index in [1.54, 1.807) is 0 Å². The van der Waals surface area contributed by atoms with Crippen LogP contribution in [-0.2, 0) is 6.54 Å². The fraction of sp³-hybridized carbons (Fsp3) is 0.267. The first-order valence-corrected chi connectivity index (χ1v) is 7.01. The van der Waals surface area contributed by atoms with Crippen LogP contribution >= 0.6 is 15.9 Å². The van der Waals surface area contributed by atoms with Crippen molar-refractivity contribution >= 4 is 21.7 Å². The van der Waals surface area contributed by atoms with E-state index < -0.39 is 0 Å². The van der Waals surface area contributed by atoms with Gasteiger partial charge in [-0.2, -0.15) is 10.4 Å². The molecule has 4 nitrogen and oxygen atoms in total. The molecule has 0 spiro atoms. The van der Waals surface area contributed by atoms with Crippen molar-refractivity contribution in [3.05, 3.63) is 51.1 Å². The van der Waals surface area contributed by atoms with Crippen molar-refractivity contribution in [1.29, 1.82) is 5.26 Å². The molecule has 0 aliphatic rings. The third-order valence-corrected chi connectivity index (χ3v) is 3.71. The van der Waals surface area contributed by atoms with Gasteiger partial charge in [0.15, 0.2) is 5.82 Å². The van der Waals surface area contributed by atoms with Gasteiger partial charge in [0.1, 0.15) is 11.6 Å². The molecular weight excluding hydrogens is 316 g/mol. The Kier molecular flexibility index (Phi) is 4.35. The summed E-state index contributed by atoms with van der Waals surface area (Å²) in [7, 11) is 1.92. The Hall–Kier alpha value is -1.93. The lowest BCUT2D eigenvalue weighted by molar-refractivity contribution is 0.846. The smallest absolute Gasteiger partial charge is 0.169 e. The van der Waals surface area contributed by atoms with Gasteiger partial charge in [0, 0.05) is 18.1 Å². The topological polar surface area (TPSA) is 52.8 Å². The molecule has 102 valence electrons. The van der Waals surface area contributed by atoms with Crippen molar-refractivity contribution in [2.45, 2.75) is 20.4 Å². The predicted molar refractivity (Wildman–Crippen MR) is 82.5 cm³/mol. The van der Waals surface area contributed by atoms with E-state index in [4.69, 9.17) is 0 Å². The summed E-state index contributed by atoms with van der Waals surface area (Å²) in [5.74, 6) is 0.621. The zero-order valence-electron chi connectivity index (χ0n) is 11.7. The van der Waals surface area contributed by atoms with Crippen molar-refractivity contribution < 1.29 is 0 Å². The van der Waals surface area contributed by atoms with Crippen molar-refractivity contribution in [3.63, 3.8) is 0 Å². The van der Waals surface area contributed by atoms with Crippen LogP contribution in [0.25, 0.3) is 0 Å². The minimum atomic E-state index is 0.593. The van der Waals surface area contributed by atoms with Crippen LogP contribution in [0.5, 0.6) is 0 Å². The number of hydrogen-bond donors (Lipinski definition) is 0. The fourth-order valence-corrected chi connectivity index (χ4v) is 2.43. The SMILES string of the molecule is Cc1nnc(N(C)Cc2cccc(Br)c2)c(C#N)c1C. The maximum absolute atomic E-state index is 9.33. The quantitative estimate of drug-likeness (QED) is 0.865. The number of nitriles is 1. The van der Waals surface area contributed by atoms with E-state index in [1.165, 1.54) is 0 Å². The lowest BCUT2D eigenvalue weighted by Crippen LogP contribution is -2.20. The molecule has 0 atom stereocenters. The standard InChI is InChI=1S/C15H15BrN4/c1-10-11(2)18-19-15(14(10)8-17)20(3)9-12-5-4-6-13(16)7-12/h4-7H,9H2,1-3H3. The predicted octanol–water partition coefficient (Wildman–Crippen LogP) is 3.36. The van der Waals surface area contributed by atoms with Gasteiger partial charge in [-0.15, -0.1) is 5.10 Å². The van der Waals surface area contributed by atoms with E-state index in [0.29, 0.717) is 17.9 Å². The van der Waals surface area contributed by atoms with Crippen LogP contribution in [0.1, 0.15) is 22.4 Å². The highest BCUT2D eigenvalue weighted by molar-refractivity contribution is 9.10. The summed E-state index contributed by atoms with van der Waals surface area (Å²) in [6, 6.07) is 10.3. The monoisotopic (exact) mass is 330 g/mol. The van der Waals surface area contributed by atoms with E-state index in [2.05, 4.69) is 38.3 Å². The minimum Gasteiger partial charge on any atom is -0.353 e. The second-order valence-electron chi connectivity index (χ2n) is 4.71. The Bertz CT molecular complexity index is 676. The molecule has 2 aromatic rings. The van der Waals surface area contributed by atoms with Gasteiger partial charge in [0.05, 0.1) is 5.69 Å². The Morgan fingerprint density at radius 3 is 2.70 bits per heavy atom. The third kappa shape index (κ3) is 2.97. The average Bonchev–Trinajstić information content (AvgIpc) is 2.41. The van der Waals surface area contributed by atoms with Crippen LogP contribution in [0, 0.1) is 25.2 Å². The van der Waals surface area contributed by atoms with E-state index in [0.717, 1.165) is 21.3 Å². The Morgan fingerprint density at radius 2 is 2.05 bits per heavy atom. The van der Waals surface area contributed by atoms with Gasteiger partial charge in [0.2, 0.25) is 0 Å². The summed E-state index contributed by atoms with van der Waals surface area (Å²) in [5.41, 5.74) is 3.42. The van der Waals surface area contributed by atoms with Gasteiger partial charge >= 0.3 is 0 Å². The molecule has 0 fully saturated rings. The number of halogens is 1. The molecular formula is C15H15BrN4. The van der Waals surface area contributed by atoms with Gasteiger partial charge < -0.3 is 4.90 Å². The van der Waals surface area contributed by atoms with Crippen molar-refractivity contribution in [1.82, 2.24) is 10.2 Å². The Balaban J connectivity index is 2.33. The summed E-state index contributed by atoms with van der Waals surface area (Å²) in [4.78, 5) is 1.94. The highest BCUT2D eigenvalue weighted by atomic mass is 79.9. The van der Waals surface area contributed by atoms with Crippen molar-refractivity contribution in [2.75, 3.05) is 11.9 Å². The Labute approximate surface area is 127 Å². The first-order valence-electron chi connectivity index (χ1n) is 6.22. The molecule has 0 unspecified atom stereocenters. The second-order valence-corrected chi connectivity index (χ2v) is 5.62. The summed E-state index contributed by atoms with van der Waals surface area (Å²) in [6.07, 6.45) is 0. The van der Waals surface area contributed by atoms with Crippen LogP contribution < -0.4 is 4.90 Å². The molecule has 2 rings (SSSR count). The zero-order valence-corrected chi connectivity index (χ0v) is 13.3. The molecule has 1 aromatic carbocycles. The number of aromatic nitrogens is 2. The molecule has 0 aliphatic carbocycles. The highest BCUT2D eigenvalue weighted by Gasteiger charge is 2.14. The lowest BCUT2D eigenvalue weighted by Gasteiger charge is -2.20. The second kappa shape index (κ2) is 6.02. The maximum atomic E-state index is 9.33. The molecule has 0 saturated carbocycles. The normalized spacial score (nSPS) is 10.2. The molecule has 1 heterocycles. The number of aryl methyl sites for hydroxylation is 1. The van der Waals surface area contributed by atoms with Crippen LogP contribution in [0.3, 0.4) is 0 Å². The van der Waals surface area contributed by atoms with E-state index in [1.807, 2.05) is 44.0 Å². The molecule has 0 aliphatic heterocycles. The highest BCUT2D eigenvalue weighted by Crippen LogP contribution is 2.22. The van der Waals surface area contributed by atoms with Crippen molar-refractivity contribution in [3.8, 4) is 6.07 Å². The minimum absolute atomic E-state index is 0.593. The van der Waals surface area contributed by atoms with E-state index >= 15 is 0 Å². The molecule has 5 heteroatoms. The summed E-state index contributed by atoms with van der Waals surface area (Å²) >= 11 is 3.46. The number of rotatable bonds is 3. The maximum Gasteiger partial charge on any atom is 0.169 e. The molecule has 0 radical (unpaired) electrons. The van der Waals surface area contributed by atoms with E-state index in [9.17, 15) is 5.26 Å². The number of benzene rings is 1. The molecule has 1 aromatic heterocycles. The Morgan fingerprint density at radius 1 is 1.30 bits per heavy atom. The molecule has 0 N–H and O–H groups in total. The molecule has 0 saturated heterocycles. The van der Waals surface area contributed by atoms with Gasteiger partial charge in [-0.1, -0.05) is 28.1 Å². The van der Waals surface area contributed by atoms with Crippen LogP contribution in [0.15, 0.2) is 28.7 Å². The van der Waals surface area contributed by atoms with Gasteiger partial charge in [-0.05, 0) is 37.1 Å². The van der Waals surface area contributed by atoms with Crippen LogP contribution in [0.2, 0.25) is 0 Å². The molecule has 0 amide bonds. The van der Waals surface area contributed by atoms with Gasteiger partial charge in [-0.3, -0.25) is 0 Å². The summed E-state index contributed by atoms with van der Waals surface area (Å²) in [5, 5.41) is 17.6. The van der Waals surface area contributed by atoms with Crippen molar-refractivity contribution in [2.24, 2.45) is 0 Å². The largest absolute Gasteiger partial charge is 0.353 e. The van der Waals surface area contributed by atoms with Gasteiger partial charge in [-0.25, -0.2) is 0 Å². The summed E-state index contributed by atoms with van der Waals surface area (Å²) in [6.45, 7) is 4.44. The molecule has 20 heavy (non-hydrogen) atoms. The first kappa shape index (κ1) is 14.5. The number of anilines is 1. The molecule has 0 bridgehead atoms. The third-order valence-electron chi connectivity index (χ3n) is 3.22. The van der Waals surface area contributed by atoms with Crippen LogP contribution in [-0.4, -0.2) is 17.2 Å². The summed E-state index contributed by atoms with van der Waals surface area (Å²) < 4.78 is 1.04. The fourth-order valence-electron chi connectivity index (χ4n) is 1.98. The number of hydrogen-bond acceptors (Lipinski definition) is 4. The first-order chi connectivity index (χ1) is 9.52. The lowest BCUT2D eigenvalue weighted by atomic mass is 10.1. The van der Waals surface area contributed by atoms with Gasteiger partial charge in [0.25, 0.3) is 0 Å². The number of nitrogens with zero attached hydrogens (tertiary/aromatic N) is 4.